The molecule has 136 valence electrons. The standard InChI is InChI=1S/C22H27N3O/c1-19-6-2-3-7-22(19)26-17-5-13-24-12-4-14-25(16-15-24)21-10-8-20(18-23)9-11-21/h2-3,6-11H,4-5,12-17H2,1H3. The summed E-state index contributed by atoms with van der Waals surface area (Å²) in [5.74, 6) is 0.996. The highest BCUT2D eigenvalue weighted by atomic mass is 16.5. The van der Waals surface area contributed by atoms with Crippen LogP contribution in [-0.2, 0) is 0 Å². The van der Waals surface area contributed by atoms with E-state index in [4.69, 9.17) is 10.00 Å². The highest BCUT2D eigenvalue weighted by Crippen LogP contribution is 2.18. The molecule has 0 unspecified atom stereocenters. The number of anilines is 1. The molecule has 3 rings (SSSR count). The topological polar surface area (TPSA) is 39.5 Å². The number of para-hydroxylation sites is 1. The van der Waals surface area contributed by atoms with Crippen molar-refractivity contribution < 1.29 is 4.74 Å². The Hall–Kier alpha value is -2.51. The summed E-state index contributed by atoms with van der Waals surface area (Å²) >= 11 is 0. The van der Waals surface area contributed by atoms with Gasteiger partial charge in [0.25, 0.3) is 0 Å². The van der Waals surface area contributed by atoms with Crippen molar-refractivity contribution in [2.75, 3.05) is 44.2 Å². The molecule has 0 aromatic heterocycles. The zero-order valence-corrected chi connectivity index (χ0v) is 15.5. The molecule has 4 heteroatoms. The van der Waals surface area contributed by atoms with Crippen molar-refractivity contribution in [2.24, 2.45) is 0 Å². The monoisotopic (exact) mass is 349 g/mol. The molecule has 1 aliphatic heterocycles. The van der Waals surface area contributed by atoms with Gasteiger partial charge in [-0.25, -0.2) is 0 Å². The summed E-state index contributed by atoms with van der Waals surface area (Å²) in [6, 6.07) is 18.3. The summed E-state index contributed by atoms with van der Waals surface area (Å²) in [6.07, 6.45) is 2.21. The van der Waals surface area contributed by atoms with E-state index in [-0.39, 0.29) is 0 Å². The van der Waals surface area contributed by atoms with Crippen molar-refractivity contribution in [2.45, 2.75) is 19.8 Å². The summed E-state index contributed by atoms with van der Waals surface area (Å²) in [5, 5.41) is 8.93. The molecule has 0 aliphatic carbocycles. The third-order valence-electron chi connectivity index (χ3n) is 4.92. The maximum absolute atomic E-state index is 8.93. The SMILES string of the molecule is Cc1ccccc1OCCCN1CCCN(c2ccc(C#N)cc2)CC1. The zero-order chi connectivity index (χ0) is 18.2. The average molecular weight is 349 g/mol. The van der Waals surface area contributed by atoms with Gasteiger partial charge in [0.2, 0.25) is 0 Å². The summed E-state index contributed by atoms with van der Waals surface area (Å²) in [4.78, 5) is 4.95. The minimum absolute atomic E-state index is 0.721. The summed E-state index contributed by atoms with van der Waals surface area (Å²) in [5.41, 5.74) is 3.13. The highest BCUT2D eigenvalue weighted by molar-refractivity contribution is 5.49. The lowest BCUT2D eigenvalue weighted by Crippen LogP contribution is -2.31. The van der Waals surface area contributed by atoms with E-state index in [0.29, 0.717) is 0 Å². The summed E-state index contributed by atoms with van der Waals surface area (Å²) in [7, 11) is 0. The molecule has 0 radical (unpaired) electrons. The van der Waals surface area contributed by atoms with Crippen LogP contribution in [0.3, 0.4) is 0 Å². The van der Waals surface area contributed by atoms with Gasteiger partial charge in [-0.15, -0.1) is 0 Å². The van der Waals surface area contributed by atoms with Gasteiger partial charge in [-0.2, -0.15) is 5.26 Å². The molecule has 4 nitrogen and oxygen atoms in total. The van der Waals surface area contributed by atoms with Crippen LogP contribution in [0.15, 0.2) is 48.5 Å². The van der Waals surface area contributed by atoms with E-state index in [1.165, 1.54) is 17.7 Å². The number of nitriles is 1. The van der Waals surface area contributed by atoms with Crippen molar-refractivity contribution in [1.82, 2.24) is 4.90 Å². The van der Waals surface area contributed by atoms with Crippen LogP contribution in [0, 0.1) is 18.3 Å². The van der Waals surface area contributed by atoms with Crippen LogP contribution in [0.2, 0.25) is 0 Å². The number of aryl methyl sites for hydroxylation is 1. The predicted octanol–water partition coefficient (Wildman–Crippen LogP) is 3.85. The molecule has 0 saturated carbocycles. The Morgan fingerprint density at radius 3 is 2.58 bits per heavy atom. The molecular weight excluding hydrogens is 322 g/mol. The molecule has 26 heavy (non-hydrogen) atoms. The second-order valence-corrected chi connectivity index (χ2v) is 6.81. The van der Waals surface area contributed by atoms with Crippen LogP contribution in [-0.4, -0.2) is 44.2 Å². The zero-order valence-electron chi connectivity index (χ0n) is 15.5. The van der Waals surface area contributed by atoms with Crippen molar-refractivity contribution in [3.63, 3.8) is 0 Å². The van der Waals surface area contributed by atoms with Crippen LogP contribution in [0.4, 0.5) is 5.69 Å². The first-order chi connectivity index (χ1) is 12.8. The lowest BCUT2D eigenvalue weighted by molar-refractivity contribution is 0.243. The van der Waals surface area contributed by atoms with E-state index in [2.05, 4.69) is 41.0 Å². The summed E-state index contributed by atoms with van der Waals surface area (Å²) < 4.78 is 5.91. The maximum atomic E-state index is 8.93. The van der Waals surface area contributed by atoms with Gasteiger partial charge in [-0.3, -0.25) is 0 Å². The number of hydrogen-bond donors (Lipinski definition) is 0. The maximum Gasteiger partial charge on any atom is 0.122 e. The fourth-order valence-electron chi connectivity index (χ4n) is 3.39. The third-order valence-corrected chi connectivity index (χ3v) is 4.92. The Morgan fingerprint density at radius 1 is 1.00 bits per heavy atom. The van der Waals surface area contributed by atoms with Gasteiger partial charge < -0.3 is 14.5 Å². The van der Waals surface area contributed by atoms with Gasteiger partial charge in [0.15, 0.2) is 0 Å². The first kappa shape index (κ1) is 18.3. The molecule has 0 spiro atoms. The third kappa shape index (κ3) is 5.00. The molecule has 1 heterocycles. The Kier molecular flexibility index (Phi) is 6.51. The summed E-state index contributed by atoms with van der Waals surface area (Å²) in [6.45, 7) is 8.24. The van der Waals surface area contributed by atoms with E-state index in [1.807, 2.05) is 30.3 Å². The number of rotatable bonds is 6. The quantitative estimate of drug-likeness (QED) is 0.743. The lowest BCUT2D eigenvalue weighted by atomic mass is 10.2. The van der Waals surface area contributed by atoms with E-state index in [9.17, 15) is 0 Å². The number of benzene rings is 2. The number of hydrogen-bond acceptors (Lipinski definition) is 4. The van der Waals surface area contributed by atoms with Gasteiger partial charge in [-0.1, -0.05) is 18.2 Å². The molecule has 2 aromatic carbocycles. The first-order valence-electron chi connectivity index (χ1n) is 9.42. The normalized spacial score (nSPS) is 15.3. The first-order valence-corrected chi connectivity index (χ1v) is 9.42. The number of nitrogens with zero attached hydrogens (tertiary/aromatic N) is 3. The highest BCUT2D eigenvalue weighted by Gasteiger charge is 2.15. The Morgan fingerprint density at radius 2 is 1.81 bits per heavy atom. The Labute approximate surface area is 156 Å². The van der Waals surface area contributed by atoms with E-state index in [1.54, 1.807) is 0 Å². The van der Waals surface area contributed by atoms with Crippen LogP contribution >= 0.6 is 0 Å². The van der Waals surface area contributed by atoms with Crippen molar-refractivity contribution in [3.8, 4) is 11.8 Å². The second kappa shape index (κ2) is 9.26. The predicted molar refractivity (Wildman–Crippen MR) is 106 cm³/mol. The Bertz CT molecular complexity index is 736. The fourth-order valence-corrected chi connectivity index (χ4v) is 3.39. The van der Waals surface area contributed by atoms with E-state index < -0.39 is 0 Å². The van der Waals surface area contributed by atoms with E-state index >= 15 is 0 Å². The molecule has 0 amide bonds. The van der Waals surface area contributed by atoms with Crippen molar-refractivity contribution in [1.29, 1.82) is 5.26 Å². The molecule has 1 fully saturated rings. The molecular formula is C22H27N3O. The van der Waals surface area contributed by atoms with Crippen LogP contribution in [0.25, 0.3) is 0 Å². The molecule has 0 atom stereocenters. The van der Waals surface area contributed by atoms with Crippen LogP contribution in [0.1, 0.15) is 24.0 Å². The van der Waals surface area contributed by atoms with Gasteiger partial charge in [0.1, 0.15) is 5.75 Å². The van der Waals surface area contributed by atoms with Crippen molar-refractivity contribution in [3.05, 3.63) is 59.7 Å². The lowest BCUT2D eigenvalue weighted by Gasteiger charge is -2.23. The minimum atomic E-state index is 0.721. The van der Waals surface area contributed by atoms with Crippen LogP contribution in [0.5, 0.6) is 5.75 Å². The Balaban J connectivity index is 1.42. The van der Waals surface area contributed by atoms with E-state index in [0.717, 1.165) is 57.1 Å². The minimum Gasteiger partial charge on any atom is -0.493 e. The average Bonchev–Trinajstić information content (AvgIpc) is 2.92. The van der Waals surface area contributed by atoms with Crippen molar-refractivity contribution >= 4 is 5.69 Å². The molecule has 0 N–H and O–H groups in total. The van der Waals surface area contributed by atoms with Gasteiger partial charge >= 0.3 is 0 Å². The van der Waals surface area contributed by atoms with Gasteiger partial charge in [0, 0.05) is 31.9 Å². The molecule has 1 saturated heterocycles. The smallest absolute Gasteiger partial charge is 0.122 e. The van der Waals surface area contributed by atoms with Crippen LogP contribution < -0.4 is 9.64 Å². The van der Waals surface area contributed by atoms with Gasteiger partial charge in [0.05, 0.1) is 18.2 Å². The number of ether oxygens (including phenoxy) is 1. The van der Waals surface area contributed by atoms with Gasteiger partial charge in [-0.05, 0) is 62.2 Å². The largest absolute Gasteiger partial charge is 0.493 e. The molecule has 0 bridgehead atoms. The molecule has 1 aliphatic rings. The fraction of sp³-hybridized carbons (Fsp3) is 0.409. The second-order valence-electron chi connectivity index (χ2n) is 6.81. The molecule has 2 aromatic rings.